The predicted octanol–water partition coefficient (Wildman–Crippen LogP) is 4.83. The van der Waals surface area contributed by atoms with Crippen LogP contribution in [0, 0.1) is 0 Å². The number of amides is 1. The summed E-state index contributed by atoms with van der Waals surface area (Å²) in [6.07, 6.45) is 3.31. The molecular formula is C23H20N4O3S. The molecule has 0 aliphatic rings. The number of nitrogens with one attached hydrogen (secondary N) is 1. The van der Waals surface area contributed by atoms with Gasteiger partial charge in [0.2, 0.25) is 11.8 Å². The number of pyridine rings is 1. The van der Waals surface area contributed by atoms with Crippen molar-refractivity contribution < 1.29 is 13.9 Å². The normalized spacial score (nSPS) is 11.6. The van der Waals surface area contributed by atoms with Gasteiger partial charge in [-0.1, -0.05) is 42.1 Å². The lowest BCUT2D eigenvalue weighted by molar-refractivity contribution is -0.115. The van der Waals surface area contributed by atoms with Crippen LogP contribution in [0.15, 0.2) is 88.8 Å². The Morgan fingerprint density at radius 3 is 2.61 bits per heavy atom. The van der Waals surface area contributed by atoms with E-state index >= 15 is 0 Å². The molecule has 156 valence electrons. The van der Waals surface area contributed by atoms with Gasteiger partial charge in [-0.25, -0.2) is 0 Å². The molecule has 0 aliphatic carbocycles. The third kappa shape index (κ3) is 5.70. The Hall–Kier alpha value is -3.65. The first-order valence-electron chi connectivity index (χ1n) is 9.65. The Labute approximate surface area is 183 Å². The maximum Gasteiger partial charge on any atom is 0.277 e. The van der Waals surface area contributed by atoms with E-state index in [0.717, 1.165) is 16.9 Å². The Bertz CT molecular complexity index is 1120. The average molecular weight is 433 g/mol. The smallest absolute Gasteiger partial charge is 0.277 e. The molecule has 0 saturated carbocycles. The lowest BCUT2D eigenvalue weighted by Gasteiger charge is -2.11. The molecule has 2 aromatic carbocycles. The Morgan fingerprint density at radius 1 is 1.06 bits per heavy atom. The number of benzene rings is 2. The number of ether oxygens (including phenoxy) is 1. The molecule has 4 aromatic rings. The molecule has 7 nitrogen and oxygen atoms in total. The average Bonchev–Trinajstić information content (AvgIpc) is 3.28. The van der Waals surface area contributed by atoms with Crippen molar-refractivity contribution in [1.82, 2.24) is 15.2 Å². The van der Waals surface area contributed by atoms with Crippen LogP contribution in [0.2, 0.25) is 0 Å². The van der Waals surface area contributed by atoms with E-state index in [0.29, 0.717) is 23.4 Å². The molecule has 2 aromatic heterocycles. The second-order valence-corrected chi connectivity index (χ2v) is 7.95. The van der Waals surface area contributed by atoms with Crippen LogP contribution in [0.25, 0.3) is 11.5 Å². The van der Waals surface area contributed by atoms with Gasteiger partial charge in [-0.2, -0.15) is 0 Å². The van der Waals surface area contributed by atoms with Crippen molar-refractivity contribution in [3.8, 4) is 17.2 Å². The van der Waals surface area contributed by atoms with Gasteiger partial charge in [-0.15, -0.1) is 10.2 Å². The first kappa shape index (κ1) is 20.6. The number of carbonyl (C=O) groups is 1. The summed E-state index contributed by atoms with van der Waals surface area (Å²) < 4.78 is 11.4. The summed E-state index contributed by atoms with van der Waals surface area (Å²) in [5.74, 6) is 0.941. The van der Waals surface area contributed by atoms with E-state index in [4.69, 9.17) is 9.15 Å². The number of carbonyl (C=O) groups excluding carboxylic acids is 1. The number of nitrogens with zero attached hydrogens (tertiary/aromatic N) is 3. The number of thioether (sulfide) groups is 1. The standard InChI is InChI=1S/C23H20N4O3S/c1-16(31-23-27-26-22(30-23)18-8-5-13-24-14-18)21(28)25-19-9-11-20(12-10-19)29-15-17-6-3-2-4-7-17/h2-14,16H,15H2,1H3,(H,25,28). The highest BCUT2D eigenvalue weighted by Crippen LogP contribution is 2.26. The molecule has 8 heteroatoms. The van der Waals surface area contributed by atoms with Gasteiger partial charge in [-0.3, -0.25) is 9.78 Å². The summed E-state index contributed by atoms with van der Waals surface area (Å²) in [6, 6.07) is 20.8. The van der Waals surface area contributed by atoms with E-state index in [2.05, 4.69) is 20.5 Å². The predicted molar refractivity (Wildman–Crippen MR) is 119 cm³/mol. The number of aromatic nitrogens is 3. The van der Waals surface area contributed by atoms with Crippen molar-refractivity contribution in [3.63, 3.8) is 0 Å². The molecule has 2 heterocycles. The second-order valence-electron chi connectivity index (χ2n) is 6.66. The summed E-state index contributed by atoms with van der Waals surface area (Å²) in [5.41, 5.74) is 2.51. The quantitative estimate of drug-likeness (QED) is 0.399. The van der Waals surface area contributed by atoms with Gasteiger partial charge >= 0.3 is 0 Å². The largest absolute Gasteiger partial charge is 0.489 e. The first-order chi connectivity index (χ1) is 15.2. The highest BCUT2D eigenvalue weighted by molar-refractivity contribution is 8.00. The van der Waals surface area contributed by atoms with E-state index in [9.17, 15) is 4.79 Å². The molecule has 1 N–H and O–H groups in total. The molecule has 1 amide bonds. The van der Waals surface area contributed by atoms with Crippen molar-refractivity contribution >= 4 is 23.4 Å². The van der Waals surface area contributed by atoms with Crippen LogP contribution in [-0.2, 0) is 11.4 Å². The summed E-state index contributed by atoms with van der Waals surface area (Å²) >= 11 is 1.20. The minimum atomic E-state index is -0.420. The topological polar surface area (TPSA) is 90.1 Å². The van der Waals surface area contributed by atoms with Crippen LogP contribution in [-0.4, -0.2) is 26.3 Å². The van der Waals surface area contributed by atoms with Crippen LogP contribution in [0.1, 0.15) is 12.5 Å². The Kier molecular flexibility index (Phi) is 6.59. The van der Waals surface area contributed by atoms with Crippen LogP contribution in [0.4, 0.5) is 5.69 Å². The van der Waals surface area contributed by atoms with Gasteiger partial charge in [0.25, 0.3) is 5.22 Å². The lowest BCUT2D eigenvalue weighted by atomic mass is 10.2. The zero-order valence-corrected chi connectivity index (χ0v) is 17.6. The van der Waals surface area contributed by atoms with Gasteiger partial charge < -0.3 is 14.5 Å². The van der Waals surface area contributed by atoms with E-state index in [1.165, 1.54) is 11.8 Å². The monoisotopic (exact) mass is 432 g/mol. The fourth-order valence-electron chi connectivity index (χ4n) is 2.69. The molecule has 0 saturated heterocycles. The first-order valence-corrected chi connectivity index (χ1v) is 10.5. The maximum absolute atomic E-state index is 12.5. The maximum atomic E-state index is 12.5. The number of anilines is 1. The van der Waals surface area contributed by atoms with Crippen LogP contribution in [0.3, 0.4) is 0 Å². The molecule has 1 atom stereocenters. The summed E-state index contributed by atoms with van der Waals surface area (Å²) in [7, 11) is 0. The van der Waals surface area contributed by atoms with Crippen molar-refractivity contribution in [3.05, 3.63) is 84.7 Å². The van der Waals surface area contributed by atoms with E-state index < -0.39 is 5.25 Å². The summed E-state index contributed by atoms with van der Waals surface area (Å²) in [6.45, 7) is 2.27. The van der Waals surface area contributed by atoms with Crippen molar-refractivity contribution in [2.24, 2.45) is 0 Å². The SMILES string of the molecule is CC(Sc1nnc(-c2cccnc2)o1)C(=O)Nc1ccc(OCc2ccccc2)cc1. The zero-order valence-electron chi connectivity index (χ0n) is 16.8. The molecule has 31 heavy (non-hydrogen) atoms. The van der Waals surface area contributed by atoms with E-state index in [1.807, 2.05) is 60.7 Å². The van der Waals surface area contributed by atoms with Crippen molar-refractivity contribution in [2.45, 2.75) is 24.0 Å². The van der Waals surface area contributed by atoms with Gasteiger partial charge in [0.05, 0.1) is 10.8 Å². The van der Waals surface area contributed by atoms with E-state index in [1.54, 1.807) is 25.4 Å². The fraction of sp³-hybridized carbons (Fsp3) is 0.130. The molecule has 0 bridgehead atoms. The highest BCUT2D eigenvalue weighted by Gasteiger charge is 2.19. The molecule has 1 unspecified atom stereocenters. The third-order valence-corrected chi connectivity index (χ3v) is 5.27. The molecule has 4 rings (SSSR count). The minimum absolute atomic E-state index is 0.163. The molecule has 0 aliphatic heterocycles. The van der Waals surface area contributed by atoms with Crippen LogP contribution < -0.4 is 10.1 Å². The molecule has 0 radical (unpaired) electrons. The van der Waals surface area contributed by atoms with E-state index in [-0.39, 0.29) is 5.91 Å². The Morgan fingerprint density at radius 2 is 1.87 bits per heavy atom. The highest BCUT2D eigenvalue weighted by atomic mass is 32.2. The number of hydrogen-bond donors (Lipinski definition) is 1. The minimum Gasteiger partial charge on any atom is -0.489 e. The fourth-order valence-corrected chi connectivity index (χ4v) is 3.37. The zero-order chi connectivity index (χ0) is 21.5. The number of hydrogen-bond acceptors (Lipinski definition) is 7. The molecular weight excluding hydrogens is 412 g/mol. The summed E-state index contributed by atoms with van der Waals surface area (Å²) in [4.78, 5) is 16.6. The summed E-state index contributed by atoms with van der Waals surface area (Å²) in [5, 5.41) is 10.8. The molecule has 0 fully saturated rings. The number of rotatable bonds is 8. The van der Waals surface area contributed by atoms with Gasteiger partial charge in [0, 0.05) is 18.1 Å². The van der Waals surface area contributed by atoms with Crippen LogP contribution >= 0.6 is 11.8 Å². The third-order valence-electron chi connectivity index (χ3n) is 4.33. The van der Waals surface area contributed by atoms with Crippen molar-refractivity contribution in [2.75, 3.05) is 5.32 Å². The Balaban J connectivity index is 1.29. The van der Waals surface area contributed by atoms with Gasteiger partial charge in [0.15, 0.2) is 0 Å². The van der Waals surface area contributed by atoms with Gasteiger partial charge in [0.1, 0.15) is 12.4 Å². The van der Waals surface area contributed by atoms with Gasteiger partial charge in [-0.05, 0) is 48.9 Å². The van der Waals surface area contributed by atoms with Crippen LogP contribution in [0.5, 0.6) is 5.75 Å². The second kappa shape index (κ2) is 9.90. The lowest BCUT2D eigenvalue weighted by Crippen LogP contribution is -2.22. The van der Waals surface area contributed by atoms with Crippen molar-refractivity contribution in [1.29, 1.82) is 0 Å². The molecule has 0 spiro atoms.